The number of para-hydroxylation sites is 1. The van der Waals surface area contributed by atoms with Crippen molar-refractivity contribution in [2.45, 2.75) is 19.6 Å². The molecule has 184 valence electrons. The van der Waals surface area contributed by atoms with Crippen molar-refractivity contribution in [3.63, 3.8) is 0 Å². The fraction of sp³-hybridized carbons (Fsp3) is 0.292. The van der Waals surface area contributed by atoms with Gasteiger partial charge in [-0.3, -0.25) is 19.8 Å². The molecule has 2 heterocycles. The smallest absolute Gasteiger partial charge is 0.251 e. The van der Waals surface area contributed by atoms with Gasteiger partial charge in [-0.15, -0.1) is 0 Å². The van der Waals surface area contributed by atoms with Gasteiger partial charge in [0.05, 0.1) is 23.7 Å². The molecule has 10 nitrogen and oxygen atoms in total. The molecule has 0 bridgehead atoms. The SMILES string of the molecule is Cc1cc(COc2ccc(C(=O)N[C@@H]3CN(S(C)(=O)=O)CC3C(=O)NO)cc2)c2ccccc2n1. The first-order valence-corrected chi connectivity index (χ1v) is 12.8. The number of nitrogens with zero attached hydrogens (tertiary/aromatic N) is 2. The third-order valence-electron chi connectivity index (χ3n) is 5.96. The van der Waals surface area contributed by atoms with Crippen molar-refractivity contribution >= 4 is 32.7 Å². The summed E-state index contributed by atoms with van der Waals surface area (Å²) >= 11 is 0. The van der Waals surface area contributed by atoms with Crippen molar-refractivity contribution in [1.82, 2.24) is 20.1 Å². The highest BCUT2D eigenvalue weighted by Crippen LogP contribution is 2.23. The number of fused-ring (bicyclic) bond motifs is 1. The lowest BCUT2D eigenvalue weighted by molar-refractivity contribution is -0.133. The van der Waals surface area contributed by atoms with E-state index in [9.17, 15) is 18.0 Å². The van der Waals surface area contributed by atoms with E-state index in [1.165, 1.54) is 5.48 Å². The molecule has 2 atom stereocenters. The Bertz CT molecular complexity index is 1360. The lowest BCUT2D eigenvalue weighted by Gasteiger charge is -2.18. The Morgan fingerprint density at radius 2 is 1.86 bits per heavy atom. The quantitative estimate of drug-likeness (QED) is 0.332. The van der Waals surface area contributed by atoms with Crippen LogP contribution in [0, 0.1) is 12.8 Å². The summed E-state index contributed by atoms with van der Waals surface area (Å²) in [6.07, 6.45) is 1.03. The minimum Gasteiger partial charge on any atom is -0.489 e. The van der Waals surface area contributed by atoms with Crippen LogP contribution >= 0.6 is 0 Å². The molecule has 11 heteroatoms. The van der Waals surface area contributed by atoms with Gasteiger partial charge in [0.2, 0.25) is 15.9 Å². The highest BCUT2D eigenvalue weighted by Gasteiger charge is 2.41. The fourth-order valence-electron chi connectivity index (χ4n) is 4.16. The Balaban J connectivity index is 1.42. The molecule has 0 saturated carbocycles. The number of carbonyl (C=O) groups excluding carboxylic acids is 2. The van der Waals surface area contributed by atoms with Gasteiger partial charge in [-0.1, -0.05) is 18.2 Å². The number of carbonyl (C=O) groups is 2. The minimum atomic E-state index is -3.56. The van der Waals surface area contributed by atoms with E-state index in [0.717, 1.165) is 32.7 Å². The van der Waals surface area contributed by atoms with Crippen molar-refractivity contribution in [1.29, 1.82) is 0 Å². The monoisotopic (exact) mass is 498 g/mol. The predicted molar refractivity (Wildman–Crippen MR) is 128 cm³/mol. The molecular weight excluding hydrogens is 472 g/mol. The van der Waals surface area contributed by atoms with Gasteiger partial charge in [0.25, 0.3) is 5.91 Å². The van der Waals surface area contributed by atoms with Crippen LogP contribution in [-0.4, -0.2) is 60.1 Å². The summed E-state index contributed by atoms with van der Waals surface area (Å²) in [4.78, 5) is 29.3. The van der Waals surface area contributed by atoms with Gasteiger partial charge < -0.3 is 10.1 Å². The Morgan fingerprint density at radius 1 is 1.14 bits per heavy atom. The summed E-state index contributed by atoms with van der Waals surface area (Å²) in [6.45, 7) is 2.06. The molecule has 0 spiro atoms. The van der Waals surface area contributed by atoms with Crippen molar-refractivity contribution in [3.8, 4) is 5.75 Å². The number of ether oxygens (including phenoxy) is 1. The topological polar surface area (TPSA) is 138 Å². The van der Waals surface area contributed by atoms with Gasteiger partial charge in [0.15, 0.2) is 0 Å². The number of sulfonamides is 1. The van der Waals surface area contributed by atoms with Crippen LogP contribution in [0.5, 0.6) is 5.75 Å². The van der Waals surface area contributed by atoms with Gasteiger partial charge >= 0.3 is 0 Å². The number of aryl methyl sites for hydroxylation is 1. The van der Waals surface area contributed by atoms with Crippen molar-refractivity contribution in [3.05, 3.63) is 71.4 Å². The minimum absolute atomic E-state index is 0.0663. The van der Waals surface area contributed by atoms with Crippen LogP contribution in [0.2, 0.25) is 0 Å². The summed E-state index contributed by atoms with van der Waals surface area (Å²) < 4.78 is 30.8. The largest absolute Gasteiger partial charge is 0.489 e. The Labute approximate surface area is 202 Å². The molecular formula is C24H26N4O6S. The van der Waals surface area contributed by atoms with E-state index in [4.69, 9.17) is 9.94 Å². The second-order valence-corrected chi connectivity index (χ2v) is 10.5. The first kappa shape index (κ1) is 24.6. The second-order valence-electron chi connectivity index (χ2n) is 8.50. The van der Waals surface area contributed by atoms with E-state index in [-0.39, 0.29) is 13.1 Å². The fourth-order valence-corrected chi connectivity index (χ4v) is 5.03. The maximum atomic E-state index is 12.8. The molecule has 1 aliphatic heterocycles. The average molecular weight is 499 g/mol. The summed E-state index contributed by atoms with van der Waals surface area (Å²) in [6, 6.07) is 15.5. The predicted octanol–water partition coefficient (Wildman–Crippen LogP) is 1.62. The number of hydroxylamine groups is 1. The van der Waals surface area contributed by atoms with Gasteiger partial charge in [0, 0.05) is 35.3 Å². The number of hydrogen-bond donors (Lipinski definition) is 3. The molecule has 3 aromatic rings. The Kier molecular flexibility index (Phi) is 7.01. The van der Waals surface area contributed by atoms with E-state index < -0.39 is 33.8 Å². The van der Waals surface area contributed by atoms with Gasteiger partial charge in [0.1, 0.15) is 12.4 Å². The Morgan fingerprint density at radius 3 is 2.54 bits per heavy atom. The zero-order valence-corrected chi connectivity index (χ0v) is 20.1. The highest BCUT2D eigenvalue weighted by molar-refractivity contribution is 7.88. The summed E-state index contributed by atoms with van der Waals surface area (Å²) in [5.74, 6) is -1.57. The lowest BCUT2D eigenvalue weighted by atomic mass is 10.0. The van der Waals surface area contributed by atoms with Crippen LogP contribution in [0.15, 0.2) is 54.6 Å². The maximum Gasteiger partial charge on any atom is 0.251 e. The number of pyridine rings is 1. The zero-order chi connectivity index (χ0) is 25.2. The first-order chi connectivity index (χ1) is 16.7. The van der Waals surface area contributed by atoms with Crippen molar-refractivity contribution < 1.29 is 28.0 Å². The molecule has 1 unspecified atom stereocenters. The molecule has 35 heavy (non-hydrogen) atoms. The zero-order valence-electron chi connectivity index (χ0n) is 19.3. The number of amides is 2. The third kappa shape index (κ3) is 5.59. The van der Waals surface area contributed by atoms with Gasteiger partial charge in [-0.2, -0.15) is 4.31 Å². The molecule has 2 aromatic carbocycles. The summed E-state index contributed by atoms with van der Waals surface area (Å²) in [5.41, 5.74) is 4.65. The Hall–Kier alpha value is -3.54. The molecule has 1 aliphatic rings. The van der Waals surface area contributed by atoms with Crippen LogP contribution in [0.1, 0.15) is 21.6 Å². The van der Waals surface area contributed by atoms with Crippen molar-refractivity contribution in [2.75, 3.05) is 19.3 Å². The normalized spacial score (nSPS) is 18.4. The van der Waals surface area contributed by atoms with E-state index in [1.807, 2.05) is 37.3 Å². The molecule has 2 amide bonds. The number of rotatable bonds is 7. The number of nitrogens with one attached hydrogen (secondary N) is 2. The van der Waals surface area contributed by atoms with Crippen LogP contribution in [0.25, 0.3) is 10.9 Å². The molecule has 1 saturated heterocycles. The molecule has 1 fully saturated rings. The molecule has 4 rings (SSSR count). The average Bonchev–Trinajstić information content (AvgIpc) is 3.26. The van der Waals surface area contributed by atoms with Crippen LogP contribution < -0.4 is 15.5 Å². The third-order valence-corrected chi connectivity index (χ3v) is 7.20. The molecule has 3 N–H and O–H groups in total. The van der Waals surface area contributed by atoms with E-state index in [0.29, 0.717) is 17.9 Å². The van der Waals surface area contributed by atoms with E-state index in [2.05, 4.69) is 10.3 Å². The summed E-state index contributed by atoms with van der Waals surface area (Å²) in [5, 5.41) is 12.7. The highest BCUT2D eigenvalue weighted by atomic mass is 32.2. The lowest BCUT2D eigenvalue weighted by Crippen LogP contribution is -2.45. The molecule has 1 aromatic heterocycles. The number of aromatic nitrogens is 1. The molecule has 0 aliphatic carbocycles. The maximum absolute atomic E-state index is 12.8. The van der Waals surface area contributed by atoms with E-state index >= 15 is 0 Å². The first-order valence-electron chi connectivity index (χ1n) is 10.9. The summed E-state index contributed by atoms with van der Waals surface area (Å²) in [7, 11) is -3.56. The van der Waals surface area contributed by atoms with Crippen LogP contribution in [0.4, 0.5) is 0 Å². The number of hydrogen-bond acceptors (Lipinski definition) is 7. The molecule has 0 radical (unpaired) electrons. The number of benzene rings is 2. The van der Waals surface area contributed by atoms with Gasteiger partial charge in [-0.05, 0) is 43.3 Å². The van der Waals surface area contributed by atoms with Crippen molar-refractivity contribution in [2.24, 2.45) is 5.92 Å². The van der Waals surface area contributed by atoms with E-state index in [1.54, 1.807) is 24.3 Å². The standard InChI is InChI=1S/C24H26N4O6S/c1-15-11-17(19-5-3-4-6-21(19)25-15)14-34-18-9-7-16(8-10-18)23(29)26-22-13-28(35(2,32)33)12-20(22)24(30)27-31/h3-11,20,22,31H,12-14H2,1-2H3,(H,26,29)(H,27,30)/t20?,22-/m1/s1. The second kappa shape index (κ2) is 9.98. The van der Waals surface area contributed by atoms with Crippen LogP contribution in [0.3, 0.4) is 0 Å². The van der Waals surface area contributed by atoms with Gasteiger partial charge in [-0.25, -0.2) is 13.9 Å². The van der Waals surface area contributed by atoms with Crippen LogP contribution in [-0.2, 0) is 21.4 Å².